The van der Waals surface area contributed by atoms with Crippen molar-refractivity contribution in [1.29, 1.82) is 0 Å². The van der Waals surface area contributed by atoms with Crippen LogP contribution in [0, 0.1) is 0 Å². The van der Waals surface area contributed by atoms with Gasteiger partial charge in [0.2, 0.25) is 0 Å². The Hall–Kier alpha value is -0.900. The predicted octanol–water partition coefficient (Wildman–Crippen LogP) is 1.94. The molecule has 0 aliphatic carbocycles. The number of rotatable bonds is 8. The average Bonchev–Trinajstić information content (AvgIpc) is 2.72. The fourth-order valence-electron chi connectivity index (χ4n) is 3.73. The number of morpholine rings is 1. The zero-order chi connectivity index (χ0) is 18.7. The first-order valence-corrected chi connectivity index (χ1v) is 10.5. The number of benzene rings is 1. The average molecular weight is 501 g/mol. The Morgan fingerprint density at radius 1 is 1.04 bits per heavy atom. The molecule has 0 radical (unpaired) electrons. The molecule has 0 unspecified atom stereocenters. The maximum Gasteiger partial charge on any atom is 0.191 e. The van der Waals surface area contributed by atoms with E-state index in [-0.39, 0.29) is 24.0 Å². The third-order valence-corrected chi connectivity index (χ3v) is 5.28. The molecule has 158 valence electrons. The van der Waals surface area contributed by atoms with E-state index in [1.54, 1.807) is 0 Å². The van der Waals surface area contributed by atoms with E-state index in [2.05, 4.69) is 51.6 Å². The highest BCUT2D eigenvalue weighted by Crippen LogP contribution is 2.18. The van der Waals surface area contributed by atoms with Gasteiger partial charge in [0.25, 0.3) is 0 Å². The van der Waals surface area contributed by atoms with Gasteiger partial charge in [-0.05, 0) is 30.9 Å². The van der Waals surface area contributed by atoms with E-state index in [0.29, 0.717) is 0 Å². The predicted molar refractivity (Wildman–Crippen MR) is 127 cm³/mol. The number of halogens is 1. The molecule has 0 bridgehead atoms. The van der Waals surface area contributed by atoms with Gasteiger partial charge in [-0.3, -0.25) is 14.8 Å². The van der Waals surface area contributed by atoms with Crippen molar-refractivity contribution >= 4 is 29.9 Å². The maximum absolute atomic E-state index is 5.40. The molecule has 0 amide bonds. The summed E-state index contributed by atoms with van der Waals surface area (Å²) in [5, 5.41) is 6.82. The van der Waals surface area contributed by atoms with Crippen molar-refractivity contribution in [1.82, 2.24) is 20.4 Å². The largest absolute Gasteiger partial charge is 0.379 e. The summed E-state index contributed by atoms with van der Waals surface area (Å²) in [4.78, 5) is 9.74. The van der Waals surface area contributed by atoms with E-state index < -0.39 is 0 Å². The van der Waals surface area contributed by atoms with Gasteiger partial charge in [-0.2, -0.15) is 0 Å². The van der Waals surface area contributed by atoms with Gasteiger partial charge in [0.05, 0.1) is 13.2 Å². The molecule has 0 spiro atoms. The molecule has 28 heavy (non-hydrogen) atoms. The van der Waals surface area contributed by atoms with E-state index in [1.165, 1.54) is 24.1 Å². The topological polar surface area (TPSA) is 52.1 Å². The number of hydrogen-bond acceptors (Lipinski definition) is 4. The Kier molecular flexibility index (Phi) is 11.1. The van der Waals surface area contributed by atoms with Crippen LogP contribution in [0.15, 0.2) is 29.3 Å². The van der Waals surface area contributed by atoms with E-state index in [9.17, 15) is 0 Å². The highest BCUT2D eigenvalue weighted by molar-refractivity contribution is 14.0. The first-order chi connectivity index (χ1) is 13.3. The number of hydrogen-bond donors (Lipinski definition) is 2. The third kappa shape index (κ3) is 7.85. The molecule has 2 heterocycles. The molecule has 0 saturated carbocycles. The number of fused-ring (bicyclic) bond motifs is 1. The lowest BCUT2D eigenvalue weighted by Crippen LogP contribution is -2.44. The zero-order valence-corrected chi connectivity index (χ0v) is 19.5. The zero-order valence-electron chi connectivity index (χ0n) is 17.2. The number of ether oxygens (including phenoxy) is 1. The highest BCUT2D eigenvalue weighted by atomic mass is 127. The van der Waals surface area contributed by atoms with Crippen molar-refractivity contribution in [2.75, 3.05) is 65.6 Å². The van der Waals surface area contributed by atoms with Crippen molar-refractivity contribution in [2.24, 2.45) is 4.99 Å². The fourth-order valence-corrected chi connectivity index (χ4v) is 3.73. The first-order valence-electron chi connectivity index (χ1n) is 10.5. The molecule has 2 aliphatic rings. The number of nitrogens with one attached hydrogen (secondary N) is 2. The molecule has 7 heteroatoms. The Labute approximate surface area is 187 Å². The molecule has 0 atom stereocenters. The van der Waals surface area contributed by atoms with Crippen LogP contribution in [0.4, 0.5) is 0 Å². The number of aliphatic imine (C=N–C) groups is 1. The Bertz CT molecular complexity index is 592. The van der Waals surface area contributed by atoms with Crippen molar-refractivity contribution < 1.29 is 4.74 Å². The van der Waals surface area contributed by atoms with Gasteiger partial charge in [0.15, 0.2) is 5.96 Å². The van der Waals surface area contributed by atoms with Crippen LogP contribution >= 0.6 is 24.0 Å². The van der Waals surface area contributed by atoms with Crippen LogP contribution < -0.4 is 10.6 Å². The highest BCUT2D eigenvalue weighted by Gasteiger charge is 2.14. The van der Waals surface area contributed by atoms with Gasteiger partial charge in [-0.15, -0.1) is 24.0 Å². The number of nitrogens with zero attached hydrogens (tertiary/aromatic N) is 3. The van der Waals surface area contributed by atoms with Crippen LogP contribution in [0.2, 0.25) is 0 Å². The molecule has 6 nitrogen and oxygen atoms in total. The Morgan fingerprint density at radius 3 is 2.61 bits per heavy atom. The third-order valence-electron chi connectivity index (χ3n) is 5.28. The summed E-state index contributed by atoms with van der Waals surface area (Å²) < 4.78 is 5.40. The quantitative estimate of drug-likeness (QED) is 0.247. The van der Waals surface area contributed by atoms with Crippen LogP contribution in [0.3, 0.4) is 0 Å². The van der Waals surface area contributed by atoms with Crippen LogP contribution in [0.1, 0.15) is 24.5 Å². The fraction of sp³-hybridized carbons (Fsp3) is 0.667. The van der Waals surface area contributed by atoms with Crippen molar-refractivity contribution in [3.8, 4) is 0 Å². The molecule has 2 aliphatic heterocycles. The van der Waals surface area contributed by atoms with Crippen LogP contribution in [0.25, 0.3) is 0 Å². The van der Waals surface area contributed by atoms with Crippen LogP contribution in [0.5, 0.6) is 0 Å². The normalized spacial score (nSPS) is 18.2. The lowest BCUT2D eigenvalue weighted by atomic mass is 10.00. The van der Waals surface area contributed by atoms with Crippen molar-refractivity contribution in [3.63, 3.8) is 0 Å². The summed E-state index contributed by atoms with van der Waals surface area (Å²) >= 11 is 0. The molecular weight excluding hydrogens is 465 g/mol. The summed E-state index contributed by atoms with van der Waals surface area (Å²) in [5.74, 6) is 0.940. The minimum absolute atomic E-state index is 0. The smallest absolute Gasteiger partial charge is 0.191 e. The molecule has 1 saturated heterocycles. The molecule has 1 fully saturated rings. The minimum atomic E-state index is 0. The van der Waals surface area contributed by atoms with E-state index in [4.69, 9.17) is 9.73 Å². The summed E-state index contributed by atoms with van der Waals surface area (Å²) in [7, 11) is 0. The summed E-state index contributed by atoms with van der Waals surface area (Å²) in [6.45, 7) is 13.0. The second-order valence-corrected chi connectivity index (χ2v) is 7.29. The van der Waals surface area contributed by atoms with Gasteiger partial charge in [0, 0.05) is 58.9 Å². The standard InChI is InChI=1S/C21H35N5O.HI/c1-2-22-21(24-10-13-25-14-16-27-17-15-25)23-9-5-11-26-12-8-19-6-3-4-7-20(19)18-26;/h3-4,6-7H,2,5,8-18H2,1H3,(H2,22,23,24);1H. The SMILES string of the molecule is CCNC(=NCCCN1CCc2ccccc2C1)NCCN1CCOCC1.I. The van der Waals surface area contributed by atoms with Crippen LogP contribution in [-0.4, -0.2) is 81.3 Å². The minimum Gasteiger partial charge on any atom is -0.379 e. The molecule has 1 aromatic carbocycles. The lowest BCUT2D eigenvalue weighted by molar-refractivity contribution is 0.0389. The summed E-state index contributed by atoms with van der Waals surface area (Å²) in [6.07, 6.45) is 2.27. The molecular formula is C21H36IN5O. The molecule has 3 rings (SSSR count). The Balaban J connectivity index is 0.00000280. The second-order valence-electron chi connectivity index (χ2n) is 7.29. The molecule has 1 aromatic rings. The van der Waals surface area contributed by atoms with Crippen molar-refractivity contribution in [3.05, 3.63) is 35.4 Å². The van der Waals surface area contributed by atoms with E-state index in [1.807, 2.05) is 0 Å². The summed E-state index contributed by atoms with van der Waals surface area (Å²) in [6, 6.07) is 8.83. The van der Waals surface area contributed by atoms with Gasteiger partial charge < -0.3 is 15.4 Å². The lowest BCUT2D eigenvalue weighted by Gasteiger charge is -2.28. The van der Waals surface area contributed by atoms with Gasteiger partial charge in [0.1, 0.15) is 0 Å². The molecule has 0 aromatic heterocycles. The Morgan fingerprint density at radius 2 is 1.82 bits per heavy atom. The monoisotopic (exact) mass is 501 g/mol. The van der Waals surface area contributed by atoms with Crippen LogP contribution in [-0.2, 0) is 17.7 Å². The van der Waals surface area contributed by atoms with Gasteiger partial charge in [-0.1, -0.05) is 24.3 Å². The maximum atomic E-state index is 5.40. The summed E-state index contributed by atoms with van der Waals surface area (Å²) in [5.41, 5.74) is 3.01. The number of guanidine groups is 1. The van der Waals surface area contributed by atoms with Gasteiger partial charge >= 0.3 is 0 Å². The first kappa shape index (κ1) is 23.4. The van der Waals surface area contributed by atoms with Gasteiger partial charge in [-0.25, -0.2) is 0 Å². The van der Waals surface area contributed by atoms with E-state index in [0.717, 1.165) is 78.0 Å². The molecule has 2 N–H and O–H groups in total. The van der Waals surface area contributed by atoms with Crippen molar-refractivity contribution in [2.45, 2.75) is 26.3 Å². The second kappa shape index (κ2) is 13.3. The van der Waals surface area contributed by atoms with E-state index >= 15 is 0 Å².